The van der Waals surface area contributed by atoms with Crippen LogP contribution in [0.2, 0.25) is 5.02 Å². The topological polar surface area (TPSA) is 60.9 Å². The lowest BCUT2D eigenvalue weighted by Crippen LogP contribution is -2.31. The lowest BCUT2D eigenvalue weighted by Gasteiger charge is -2.25. The maximum Gasteiger partial charge on any atom is 0.232 e. The highest BCUT2D eigenvalue weighted by Gasteiger charge is 2.31. The molecule has 37 heavy (non-hydrogen) atoms. The lowest BCUT2D eigenvalue weighted by atomic mass is 9.95. The smallest absolute Gasteiger partial charge is 0.232 e. The molecule has 2 aromatic carbocycles. The third-order valence-electron chi connectivity index (χ3n) is 6.74. The van der Waals surface area contributed by atoms with Crippen molar-refractivity contribution in [2.24, 2.45) is 0 Å². The molecule has 1 saturated heterocycles. The number of hydrogen-bond donors (Lipinski definition) is 0. The molecular formula is C30H33ClN2O4. The highest BCUT2D eigenvalue weighted by molar-refractivity contribution is 6.31. The minimum atomic E-state index is -0.109. The molecule has 2 heterocycles. The molecule has 6 nitrogen and oxygen atoms in total. The van der Waals surface area contributed by atoms with E-state index < -0.39 is 0 Å². The maximum atomic E-state index is 13.0. The van der Waals surface area contributed by atoms with Gasteiger partial charge < -0.3 is 19.1 Å². The summed E-state index contributed by atoms with van der Waals surface area (Å²) in [5.41, 5.74) is 4.86. The van der Waals surface area contributed by atoms with Crippen LogP contribution in [0.25, 0.3) is 5.57 Å². The Morgan fingerprint density at radius 3 is 2.46 bits per heavy atom. The summed E-state index contributed by atoms with van der Waals surface area (Å²) in [6, 6.07) is 17.7. The second-order valence-corrected chi connectivity index (χ2v) is 9.76. The highest BCUT2D eigenvalue weighted by atomic mass is 35.5. The van der Waals surface area contributed by atoms with Crippen LogP contribution in [0.4, 0.5) is 0 Å². The quantitative estimate of drug-likeness (QED) is 0.322. The van der Waals surface area contributed by atoms with Gasteiger partial charge in [-0.2, -0.15) is 0 Å². The van der Waals surface area contributed by atoms with Crippen molar-refractivity contribution in [2.75, 3.05) is 21.3 Å². The molecule has 1 aliphatic rings. The summed E-state index contributed by atoms with van der Waals surface area (Å²) >= 11 is 6.28. The maximum absolute atomic E-state index is 13.0. The number of aromatic nitrogens is 1. The first-order chi connectivity index (χ1) is 17.8. The average Bonchev–Trinajstić information content (AvgIpc) is 3.26. The molecule has 3 aromatic rings. The summed E-state index contributed by atoms with van der Waals surface area (Å²) in [4.78, 5) is 19.6. The summed E-state index contributed by atoms with van der Waals surface area (Å²) in [6.07, 6.45) is 3.34. The lowest BCUT2D eigenvalue weighted by molar-refractivity contribution is -0.129. The summed E-state index contributed by atoms with van der Waals surface area (Å²) < 4.78 is 16.3. The fourth-order valence-corrected chi connectivity index (χ4v) is 4.77. The van der Waals surface area contributed by atoms with Crippen molar-refractivity contribution in [1.29, 1.82) is 0 Å². The van der Waals surface area contributed by atoms with Crippen LogP contribution in [0.5, 0.6) is 17.4 Å². The van der Waals surface area contributed by atoms with Crippen LogP contribution in [0, 0.1) is 0 Å². The molecule has 0 bridgehead atoms. The summed E-state index contributed by atoms with van der Waals surface area (Å²) in [5.74, 6) is 2.30. The fourth-order valence-electron chi connectivity index (χ4n) is 4.59. The van der Waals surface area contributed by atoms with Gasteiger partial charge in [0.05, 0.1) is 33.1 Å². The number of halogens is 1. The Morgan fingerprint density at radius 1 is 1.05 bits per heavy atom. The predicted molar refractivity (Wildman–Crippen MR) is 147 cm³/mol. The minimum Gasteiger partial charge on any atom is -0.497 e. The van der Waals surface area contributed by atoms with Gasteiger partial charge in [-0.1, -0.05) is 55.8 Å². The number of hydrogen-bond acceptors (Lipinski definition) is 5. The van der Waals surface area contributed by atoms with E-state index in [1.54, 1.807) is 27.4 Å². The number of carbonyl (C=O) groups excluding carboxylic acids is 1. The average molecular weight is 521 g/mol. The Kier molecular flexibility index (Phi) is 8.39. The van der Waals surface area contributed by atoms with Crippen LogP contribution in [0.15, 0.2) is 60.7 Å². The van der Waals surface area contributed by atoms with E-state index in [-0.39, 0.29) is 11.9 Å². The van der Waals surface area contributed by atoms with Gasteiger partial charge in [0, 0.05) is 30.2 Å². The molecule has 194 valence electrons. The molecular weight excluding hydrogens is 488 g/mol. The zero-order valence-electron chi connectivity index (χ0n) is 22.0. The first kappa shape index (κ1) is 26.6. The molecule has 1 fully saturated rings. The van der Waals surface area contributed by atoms with Gasteiger partial charge in [-0.3, -0.25) is 4.79 Å². The fraction of sp³-hybridized carbons (Fsp3) is 0.333. The van der Waals surface area contributed by atoms with Crippen LogP contribution in [-0.2, 0) is 11.3 Å². The molecule has 1 aliphatic heterocycles. The largest absolute Gasteiger partial charge is 0.497 e. The number of nitrogens with zero attached hydrogens (tertiary/aromatic N) is 2. The van der Waals surface area contributed by atoms with Gasteiger partial charge in [0.1, 0.15) is 16.5 Å². The Bertz CT molecular complexity index is 1290. The standard InChI is InChI=1S/C30H33ClN2O4/c1-19(2)20-6-8-21(9-7-20)25(27-14-13-26(31)30(32-27)37-5)16-23-11-15-29(34)33(23)18-22-10-12-24(35-3)17-28(22)36-4/h6-10,12-14,16-17,19,23H,11,15,18H2,1-5H3/t23-/m1/s1. The molecule has 0 saturated carbocycles. The summed E-state index contributed by atoms with van der Waals surface area (Å²) in [5, 5.41) is 0.449. The second-order valence-electron chi connectivity index (χ2n) is 9.35. The SMILES string of the molecule is COc1ccc(CN2C(=O)CC[C@@H]2C=C(c2ccc(C(C)C)cc2)c2ccc(Cl)c(OC)n2)c(OC)c1. The van der Waals surface area contributed by atoms with Crippen molar-refractivity contribution in [3.05, 3.63) is 88.1 Å². The normalized spacial score (nSPS) is 15.9. The Labute approximate surface area is 223 Å². The van der Waals surface area contributed by atoms with E-state index in [2.05, 4.69) is 49.2 Å². The van der Waals surface area contributed by atoms with Gasteiger partial charge in [-0.25, -0.2) is 4.98 Å². The monoisotopic (exact) mass is 520 g/mol. The predicted octanol–water partition coefficient (Wildman–Crippen LogP) is 6.51. The van der Waals surface area contributed by atoms with Crippen LogP contribution in [0.3, 0.4) is 0 Å². The molecule has 7 heteroatoms. The molecule has 1 atom stereocenters. The van der Waals surface area contributed by atoms with Crippen molar-refractivity contribution in [3.8, 4) is 17.4 Å². The number of pyridine rings is 1. The zero-order chi connectivity index (χ0) is 26.5. The number of carbonyl (C=O) groups is 1. The van der Waals surface area contributed by atoms with Crippen LogP contribution in [-0.4, -0.2) is 43.2 Å². The molecule has 0 radical (unpaired) electrons. The number of ether oxygens (including phenoxy) is 3. The number of amides is 1. The van der Waals surface area contributed by atoms with Crippen molar-refractivity contribution in [3.63, 3.8) is 0 Å². The van der Waals surface area contributed by atoms with Gasteiger partial charge in [-0.05, 0) is 47.7 Å². The summed E-state index contributed by atoms with van der Waals surface area (Å²) in [7, 11) is 4.80. The Balaban J connectivity index is 1.75. The van der Waals surface area contributed by atoms with E-state index >= 15 is 0 Å². The van der Waals surface area contributed by atoms with Crippen molar-refractivity contribution < 1.29 is 19.0 Å². The van der Waals surface area contributed by atoms with Gasteiger partial charge in [0.2, 0.25) is 11.8 Å². The van der Waals surface area contributed by atoms with Crippen LogP contribution < -0.4 is 14.2 Å². The molecule has 0 unspecified atom stereocenters. The van der Waals surface area contributed by atoms with Crippen molar-refractivity contribution >= 4 is 23.1 Å². The molecule has 0 aliphatic carbocycles. The molecule has 1 aromatic heterocycles. The number of rotatable bonds is 9. The van der Waals surface area contributed by atoms with E-state index in [0.29, 0.717) is 41.3 Å². The van der Waals surface area contributed by atoms with Gasteiger partial charge in [0.25, 0.3) is 0 Å². The van der Waals surface area contributed by atoms with E-state index in [1.165, 1.54) is 5.56 Å². The highest BCUT2D eigenvalue weighted by Crippen LogP contribution is 2.34. The van der Waals surface area contributed by atoms with Crippen molar-refractivity contribution in [2.45, 2.75) is 45.2 Å². The number of likely N-dealkylation sites (tertiary alicyclic amines) is 1. The van der Waals surface area contributed by atoms with E-state index in [0.717, 1.165) is 28.8 Å². The molecule has 0 N–H and O–H groups in total. The Hall–Kier alpha value is -3.51. The third-order valence-corrected chi connectivity index (χ3v) is 7.03. The second kappa shape index (κ2) is 11.7. The van der Waals surface area contributed by atoms with Gasteiger partial charge in [-0.15, -0.1) is 0 Å². The van der Waals surface area contributed by atoms with E-state index in [9.17, 15) is 4.79 Å². The van der Waals surface area contributed by atoms with Crippen LogP contribution in [0.1, 0.15) is 55.0 Å². The molecule has 0 spiro atoms. The van der Waals surface area contributed by atoms with Gasteiger partial charge in [0.15, 0.2) is 0 Å². The van der Waals surface area contributed by atoms with Crippen molar-refractivity contribution in [1.82, 2.24) is 9.88 Å². The first-order valence-corrected chi connectivity index (χ1v) is 12.8. The first-order valence-electron chi connectivity index (χ1n) is 12.4. The van der Waals surface area contributed by atoms with Gasteiger partial charge >= 0.3 is 0 Å². The van der Waals surface area contributed by atoms with E-state index in [1.807, 2.05) is 29.2 Å². The van der Waals surface area contributed by atoms with Crippen LogP contribution >= 0.6 is 11.6 Å². The zero-order valence-corrected chi connectivity index (χ0v) is 22.7. The number of methoxy groups -OCH3 is 3. The number of benzene rings is 2. The van der Waals surface area contributed by atoms with E-state index in [4.69, 9.17) is 25.8 Å². The Morgan fingerprint density at radius 2 is 1.81 bits per heavy atom. The molecule has 1 amide bonds. The summed E-state index contributed by atoms with van der Waals surface area (Å²) in [6.45, 7) is 4.78. The molecule has 4 rings (SSSR count). The minimum absolute atomic E-state index is 0.107. The third kappa shape index (κ3) is 5.91.